The molecule has 1 unspecified atom stereocenters. The van der Waals surface area contributed by atoms with E-state index in [0.717, 1.165) is 6.42 Å². The van der Waals surface area contributed by atoms with Gasteiger partial charge in [0.2, 0.25) is 0 Å². The Hall–Kier alpha value is 1.54. The van der Waals surface area contributed by atoms with E-state index < -0.39 is 0 Å². The normalized spacial score (nSPS) is 8.33. The molecule has 0 amide bonds. The number of rotatable bonds is 1. The van der Waals surface area contributed by atoms with E-state index >= 15 is 0 Å². The molecule has 0 fully saturated rings. The monoisotopic (exact) mass is 227 g/mol. The average molecular weight is 228 g/mol. The molecule has 0 saturated carbocycles. The van der Waals surface area contributed by atoms with Crippen LogP contribution in [0.3, 0.4) is 0 Å². The van der Waals surface area contributed by atoms with Gasteiger partial charge in [0, 0.05) is 0 Å². The Bertz CT molecular complexity index is 29.8. The van der Waals surface area contributed by atoms with Crippen molar-refractivity contribution in [2.24, 2.45) is 0 Å². The second kappa shape index (κ2) is 22.7. The van der Waals surface area contributed by atoms with Gasteiger partial charge in [0.25, 0.3) is 0 Å². The molecule has 9 heavy (non-hydrogen) atoms. The Labute approximate surface area is 90.1 Å². The van der Waals surface area contributed by atoms with Gasteiger partial charge >= 0.3 is 21.7 Å². The van der Waals surface area contributed by atoms with Gasteiger partial charge in [-0.1, -0.05) is 6.92 Å². The van der Waals surface area contributed by atoms with Gasteiger partial charge in [-0.15, -0.1) is 0 Å². The molecule has 0 aromatic carbocycles. The van der Waals surface area contributed by atoms with Crippen LogP contribution in [-0.4, -0.2) is 11.2 Å². The molecule has 1 nitrogen and oxygen atoms in total. The van der Waals surface area contributed by atoms with Gasteiger partial charge in [0.05, 0.1) is 6.10 Å². The van der Waals surface area contributed by atoms with E-state index in [-0.39, 0.29) is 65.0 Å². The predicted molar refractivity (Wildman–Crippen MR) is 22.0 cm³/mol. The molecule has 0 bridgehead atoms. The molecule has 0 rings (SSSR count). The van der Waals surface area contributed by atoms with E-state index in [1.807, 2.05) is 6.92 Å². The smallest absolute Gasteiger partial charge is 1.00 e. The van der Waals surface area contributed by atoms with Crippen molar-refractivity contribution in [3.05, 3.63) is 0 Å². The molecule has 1 radical (unpaired) electrons. The quantitative estimate of drug-likeness (QED) is 0.442. The number of aliphatic hydroxyl groups excluding tert-OH is 1. The first-order valence-electron chi connectivity index (χ1n) is 1.95. The molecule has 0 aliphatic carbocycles. The molecule has 0 aliphatic heterocycles. The third-order valence-corrected chi connectivity index (χ3v) is 0.591. The van der Waals surface area contributed by atoms with Gasteiger partial charge in [0.1, 0.15) is 0 Å². The van der Waals surface area contributed by atoms with Crippen molar-refractivity contribution in [2.45, 2.75) is 26.4 Å². The van der Waals surface area contributed by atoms with Crippen LogP contribution >= 0.6 is 0 Å². The fraction of sp³-hybridized carbons (Fsp3) is 1.00. The maximum atomic E-state index is 8.36. The fourth-order valence-corrected chi connectivity index (χ4v) is 0. The van der Waals surface area contributed by atoms with Crippen LogP contribution in [-0.2, 0) is 21.7 Å². The average Bonchev–Trinajstić information content (AvgIpc) is 1.38. The molecule has 0 spiro atoms. The van der Waals surface area contributed by atoms with E-state index in [9.17, 15) is 0 Å². The summed E-state index contributed by atoms with van der Waals surface area (Å²) >= 11 is 0. The Morgan fingerprint density at radius 3 is 1.33 bits per heavy atom. The van der Waals surface area contributed by atoms with Gasteiger partial charge in [-0.3, -0.25) is 0 Å². The summed E-state index contributed by atoms with van der Waals surface area (Å²) in [5, 5.41) is 8.36. The first-order valence-corrected chi connectivity index (χ1v) is 1.95. The largest absolute Gasteiger partial charge is 3.00 e. The number of aliphatic hydroxyl groups is 1. The molecule has 0 aliphatic rings. The van der Waals surface area contributed by atoms with Gasteiger partial charge in [-0.2, -0.15) is 0 Å². The number of hydrogen-bond acceptors (Lipinski definition) is 1. The predicted octanol–water partition coefficient (Wildman–Crippen LogP) is -8.21. The van der Waals surface area contributed by atoms with Crippen molar-refractivity contribution < 1.29 is 64.0 Å². The first kappa shape index (κ1) is 31.2. The van der Waals surface area contributed by atoms with Crippen LogP contribution in [0.25, 0.3) is 0 Å². The van der Waals surface area contributed by atoms with Crippen molar-refractivity contribution >= 4 is 0 Å². The standard InChI is InChI=1S/C4H10O.3ClH.Ti/c1-3-4(2)5;;;;/h4-5H,3H2,1-2H3;3*1H;/q;;;;+3/p-3. The fourth-order valence-electron chi connectivity index (χ4n) is 0. The van der Waals surface area contributed by atoms with Crippen molar-refractivity contribution in [2.75, 3.05) is 0 Å². The Morgan fingerprint density at radius 1 is 1.22 bits per heavy atom. The van der Waals surface area contributed by atoms with Crippen molar-refractivity contribution in [3.8, 4) is 0 Å². The van der Waals surface area contributed by atoms with Crippen molar-refractivity contribution in [3.63, 3.8) is 0 Å². The Morgan fingerprint density at radius 2 is 1.33 bits per heavy atom. The third kappa shape index (κ3) is 43.2. The molecular formula is C4H10Cl3OTi. The molecular weight excluding hydrogens is 218 g/mol. The summed E-state index contributed by atoms with van der Waals surface area (Å²) in [7, 11) is 0. The van der Waals surface area contributed by atoms with Crippen LogP contribution in [0.4, 0.5) is 0 Å². The zero-order valence-corrected chi connectivity index (χ0v) is 9.19. The Balaban J connectivity index is -0.0000000133. The molecule has 1 N–H and O–H groups in total. The number of halogens is 3. The maximum absolute atomic E-state index is 8.36. The summed E-state index contributed by atoms with van der Waals surface area (Å²) in [4.78, 5) is 0. The second-order valence-electron chi connectivity index (χ2n) is 1.26. The second-order valence-corrected chi connectivity index (χ2v) is 1.26. The first-order chi connectivity index (χ1) is 2.27. The zero-order valence-electron chi connectivity index (χ0n) is 5.37. The molecule has 0 aromatic heterocycles. The zero-order chi connectivity index (χ0) is 4.28. The van der Waals surface area contributed by atoms with Crippen molar-refractivity contribution in [1.82, 2.24) is 0 Å². The molecule has 0 saturated heterocycles. The summed E-state index contributed by atoms with van der Waals surface area (Å²) in [5.74, 6) is 0. The minimum atomic E-state index is -0.116. The van der Waals surface area contributed by atoms with Crippen LogP contribution in [0.1, 0.15) is 20.3 Å². The molecule has 1 atom stereocenters. The Kier molecular flexibility index (Phi) is 78.7. The molecule has 0 heterocycles. The van der Waals surface area contributed by atoms with Crippen LogP contribution in [0.2, 0.25) is 0 Å². The van der Waals surface area contributed by atoms with E-state index in [4.69, 9.17) is 5.11 Å². The van der Waals surface area contributed by atoms with Crippen LogP contribution < -0.4 is 37.2 Å². The summed E-state index contributed by atoms with van der Waals surface area (Å²) in [6, 6.07) is 0. The summed E-state index contributed by atoms with van der Waals surface area (Å²) < 4.78 is 0. The van der Waals surface area contributed by atoms with E-state index in [2.05, 4.69) is 0 Å². The minimum absolute atomic E-state index is 0. The van der Waals surface area contributed by atoms with E-state index in [1.54, 1.807) is 6.92 Å². The van der Waals surface area contributed by atoms with Gasteiger partial charge in [-0.25, -0.2) is 0 Å². The van der Waals surface area contributed by atoms with E-state index in [1.165, 1.54) is 0 Å². The van der Waals surface area contributed by atoms with Gasteiger partial charge < -0.3 is 42.3 Å². The number of hydrogen-bond donors (Lipinski definition) is 1. The van der Waals surface area contributed by atoms with E-state index in [0.29, 0.717) is 0 Å². The summed E-state index contributed by atoms with van der Waals surface area (Å²) in [6.45, 7) is 3.73. The molecule has 5 heteroatoms. The van der Waals surface area contributed by atoms with Gasteiger partial charge in [0.15, 0.2) is 0 Å². The van der Waals surface area contributed by atoms with Crippen LogP contribution in [0.15, 0.2) is 0 Å². The molecule has 0 aromatic rings. The third-order valence-electron chi connectivity index (χ3n) is 0.591. The van der Waals surface area contributed by atoms with Crippen LogP contribution in [0, 0.1) is 0 Å². The summed E-state index contributed by atoms with van der Waals surface area (Å²) in [6.07, 6.45) is 0.745. The van der Waals surface area contributed by atoms with Gasteiger partial charge in [-0.05, 0) is 13.3 Å². The van der Waals surface area contributed by atoms with Crippen LogP contribution in [0.5, 0.6) is 0 Å². The molecule has 57 valence electrons. The minimum Gasteiger partial charge on any atom is -1.00 e. The summed E-state index contributed by atoms with van der Waals surface area (Å²) in [5.41, 5.74) is 0. The topological polar surface area (TPSA) is 20.2 Å². The maximum Gasteiger partial charge on any atom is 3.00 e. The van der Waals surface area contributed by atoms with Crippen molar-refractivity contribution in [1.29, 1.82) is 0 Å². The SMILES string of the molecule is CCC(C)O.[Cl-].[Cl-].[Cl-].[Ti+3].